The van der Waals surface area contributed by atoms with Gasteiger partial charge in [0.15, 0.2) is 0 Å². The van der Waals surface area contributed by atoms with Crippen molar-refractivity contribution in [1.82, 2.24) is 0 Å². The second kappa shape index (κ2) is 7.07. The molecule has 2 unspecified atom stereocenters. The molecule has 0 saturated carbocycles. The van der Waals surface area contributed by atoms with Gasteiger partial charge in [-0.3, -0.25) is 0 Å². The number of hydrogen-bond acceptors (Lipinski definition) is 3. The number of halogens is 1. The summed E-state index contributed by atoms with van der Waals surface area (Å²) in [4.78, 5) is 0. The lowest BCUT2D eigenvalue weighted by atomic mass is 9.88. The number of benzene rings is 2. The van der Waals surface area contributed by atoms with Gasteiger partial charge in [-0.2, -0.15) is 0 Å². The lowest BCUT2D eigenvalue weighted by Crippen LogP contribution is -2.20. The number of ether oxygens (including phenoxy) is 1. The quantitative estimate of drug-likeness (QED) is 0.867. The van der Waals surface area contributed by atoms with Gasteiger partial charge < -0.3 is 15.6 Å². The first-order valence-corrected chi connectivity index (χ1v) is 7.64. The van der Waals surface area contributed by atoms with E-state index in [2.05, 4.69) is 15.9 Å². The highest BCUT2D eigenvalue weighted by Gasteiger charge is 2.23. The van der Waals surface area contributed by atoms with Crippen LogP contribution in [0.2, 0.25) is 0 Å². The van der Waals surface area contributed by atoms with Crippen molar-refractivity contribution >= 4 is 15.9 Å². The Morgan fingerprint density at radius 1 is 1.19 bits per heavy atom. The van der Waals surface area contributed by atoms with Gasteiger partial charge in [-0.1, -0.05) is 45.8 Å². The lowest BCUT2D eigenvalue weighted by molar-refractivity contribution is 0.146. The molecule has 0 spiro atoms. The fourth-order valence-corrected chi connectivity index (χ4v) is 2.89. The molecule has 0 amide bonds. The van der Waals surface area contributed by atoms with Crippen LogP contribution in [-0.2, 0) is 0 Å². The first kappa shape index (κ1) is 16.0. The Bertz CT molecular complexity index is 598. The Kier molecular flexibility index (Phi) is 5.39. The van der Waals surface area contributed by atoms with Crippen LogP contribution >= 0.6 is 15.9 Å². The molecular formula is C17H20BrNO2. The van der Waals surface area contributed by atoms with E-state index in [1.54, 1.807) is 7.11 Å². The molecule has 2 aromatic carbocycles. The molecule has 0 radical (unpaired) electrons. The van der Waals surface area contributed by atoms with E-state index in [0.29, 0.717) is 6.54 Å². The number of methoxy groups -OCH3 is 1. The van der Waals surface area contributed by atoms with E-state index in [1.807, 2.05) is 49.4 Å². The fraction of sp³-hybridized carbons (Fsp3) is 0.294. The van der Waals surface area contributed by atoms with Crippen LogP contribution in [0.25, 0.3) is 0 Å². The van der Waals surface area contributed by atoms with Gasteiger partial charge in [-0.05, 0) is 36.2 Å². The van der Waals surface area contributed by atoms with E-state index in [4.69, 9.17) is 10.5 Å². The van der Waals surface area contributed by atoms with Crippen LogP contribution in [0.4, 0.5) is 0 Å². The third-order valence-corrected chi connectivity index (χ3v) is 4.37. The van der Waals surface area contributed by atoms with Crippen molar-refractivity contribution in [3.05, 3.63) is 63.6 Å². The molecule has 2 aromatic rings. The molecule has 2 rings (SSSR count). The average molecular weight is 350 g/mol. The van der Waals surface area contributed by atoms with Crippen LogP contribution in [0.15, 0.2) is 46.9 Å². The first-order chi connectivity index (χ1) is 10.1. The Labute approximate surface area is 133 Å². The van der Waals surface area contributed by atoms with Crippen LogP contribution in [0.1, 0.15) is 28.7 Å². The zero-order valence-electron chi connectivity index (χ0n) is 12.2. The highest BCUT2D eigenvalue weighted by Crippen LogP contribution is 2.35. The minimum Gasteiger partial charge on any atom is -0.497 e. The molecule has 0 aliphatic heterocycles. The maximum absolute atomic E-state index is 10.7. The summed E-state index contributed by atoms with van der Waals surface area (Å²) in [6, 6.07) is 13.6. The van der Waals surface area contributed by atoms with E-state index in [-0.39, 0.29) is 5.92 Å². The van der Waals surface area contributed by atoms with Crippen molar-refractivity contribution in [1.29, 1.82) is 0 Å². The van der Waals surface area contributed by atoms with E-state index >= 15 is 0 Å². The molecule has 0 fully saturated rings. The highest BCUT2D eigenvalue weighted by atomic mass is 79.9. The molecule has 3 N–H and O–H groups in total. The SMILES string of the molecule is COc1ccc(C(CN)C(O)c2cc(C)ccc2Br)cc1. The smallest absolute Gasteiger partial charge is 0.118 e. The maximum Gasteiger partial charge on any atom is 0.118 e. The van der Waals surface area contributed by atoms with E-state index in [9.17, 15) is 5.11 Å². The van der Waals surface area contributed by atoms with Gasteiger partial charge in [0.1, 0.15) is 5.75 Å². The summed E-state index contributed by atoms with van der Waals surface area (Å²) >= 11 is 3.50. The standard InChI is InChI=1S/C17H20BrNO2/c1-11-3-8-16(18)14(9-11)17(20)15(10-19)12-4-6-13(21-2)7-5-12/h3-9,15,17,20H,10,19H2,1-2H3. The molecule has 0 heterocycles. The van der Waals surface area contributed by atoms with Gasteiger partial charge in [0.25, 0.3) is 0 Å². The molecule has 0 saturated heterocycles. The van der Waals surface area contributed by atoms with E-state index < -0.39 is 6.10 Å². The summed E-state index contributed by atoms with van der Waals surface area (Å²) in [5, 5.41) is 10.7. The summed E-state index contributed by atoms with van der Waals surface area (Å²) < 4.78 is 6.06. The van der Waals surface area contributed by atoms with Crippen LogP contribution in [-0.4, -0.2) is 18.8 Å². The minimum atomic E-state index is -0.655. The molecule has 0 aromatic heterocycles. The van der Waals surface area contributed by atoms with Gasteiger partial charge in [-0.15, -0.1) is 0 Å². The number of hydrogen-bond donors (Lipinski definition) is 2. The molecule has 3 nitrogen and oxygen atoms in total. The topological polar surface area (TPSA) is 55.5 Å². The van der Waals surface area contributed by atoms with Crippen molar-refractivity contribution in [2.75, 3.05) is 13.7 Å². The van der Waals surface area contributed by atoms with Crippen LogP contribution in [0.5, 0.6) is 5.75 Å². The number of aryl methyl sites for hydroxylation is 1. The van der Waals surface area contributed by atoms with Crippen molar-refractivity contribution in [2.45, 2.75) is 18.9 Å². The lowest BCUT2D eigenvalue weighted by Gasteiger charge is -2.23. The molecule has 112 valence electrons. The zero-order valence-corrected chi connectivity index (χ0v) is 13.8. The predicted molar refractivity (Wildman–Crippen MR) is 88.6 cm³/mol. The Morgan fingerprint density at radius 3 is 2.43 bits per heavy atom. The van der Waals surface area contributed by atoms with Crippen molar-refractivity contribution in [3.63, 3.8) is 0 Å². The Balaban J connectivity index is 2.33. The Morgan fingerprint density at radius 2 is 1.86 bits per heavy atom. The molecule has 21 heavy (non-hydrogen) atoms. The summed E-state index contributed by atoms with van der Waals surface area (Å²) in [6.07, 6.45) is -0.655. The van der Waals surface area contributed by atoms with Crippen molar-refractivity contribution in [3.8, 4) is 5.75 Å². The third kappa shape index (κ3) is 3.64. The molecule has 2 atom stereocenters. The summed E-state index contributed by atoms with van der Waals surface area (Å²) in [5.74, 6) is 0.634. The van der Waals surface area contributed by atoms with Crippen LogP contribution in [0.3, 0.4) is 0 Å². The highest BCUT2D eigenvalue weighted by molar-refractivity contribution is 9.10. The van der Waals surface area contributed by atoms with Gasteiger partial charge in [0.05, 0.1) is 13.2 Å². The van der Waals surface area contributed by atoms with Crippen molar-refractivity contribution < 1.29 is 9.84 Å². The number of rotatable bonds is 5. The van der Waals surface area contributed by atoms with Gasteiger partial charge in [0, 0.05) is 16.9 Å². The molecule has 0 aliphatic rings. The van der Waals surface area contributed by atoms with Crippen LogP contribution < -0.4 is 10.5 Å². The van der Waals surface area contributed by atoms with Crippen molar-refractivity contribution in [2.24, 2.45) is 5.73 Å². The number of aliphatic hydroxyl groups excluding tert-OH is 1. The fourth-order valence-electron chi connectivity index (χ4n) is 2.40. The first-order valence-electron chi connectivity index (χ1n) is 6.85. The molecular weight excluding hydrogens is 330 g/mol. The second-order valence-electron chi connectivity index (χ2n) is 5.09. The summed E-state index contributed by atoms with van der Waals surface area (Å²) in [7, 11) is 1.63. The van der Waals surface area contributed by atoms with Gasteiger partial charge in [-0.25, -0.2) is 0 Å². The predicted octanol–water partition coefficient (Wildman–Crippen LogP) is 3.54. The Hall–Kier alpha value is -1.36. The number of aliphatic hydroxyl groups is 1. The zero-order chi connectivity index (χ0) is 15.4. The van der Waals surface area contributed by atoms with Crippen LogP contribution in [0, 0.1) is 6.92 Å². The molecule has 0 bridgehead atoms. The summed E-state index contributed by atoms with van der Waals surface area (Å²) in [6.45, 7) is 2.38. The average Bonchev–Trinajstić information content (AvgIpc) is 2.51. The van der Waals surface area contributed by atoms with Gasteiger partial charge in [0.2, 0.25) is 0 Å². The number of nitrogens with two attached hydrogens (primary N) is 1. The normalized spacial score (nSPS) is 13.8. The molecule has 4 heteroatoms. The minimum absolute atomic E-state index is 0.158. The van der Waals surface area contributed by atoms with Gasteiger partial charge >= 0.3 is 0 Å². The van der Waals surface area contributed by atoms with E-state index in [0.717, 1.165) is 26.9 Å². The largest absolute Gasteiger partial charge is 0.497 e. The maximum atomic E-state index is 10.7. The molecule has 0 aliphatic carbocycles. The van der Waals surface area contributed by atoms with E-state index in [1.165, 1.54) is 0 Å². The monoisotopic (exact) mass is 349 g/mol. The summed E-state index contributed by atoms with van der Waals surface area (Å²) in [5.41, 5.74) is 8.87. The second-order valence-corrected chi connectivity index (χ2v) is 5.94. The third-order valence-electron chi connectivity index (χ3n) is 3.65.